The van der Waals surface area contributed by atoms with Crippen molar-refractivity contribution in [3.63, 3.8) is 0 Å². The number of aryl methyl sites for hydroxylation is 2. The highest BCUT2D eigenvalue weighted by molar-refractivity contribution is 6.30. The van der Waals surface area contributed by atoms with Crippen LogP contribution in [0.3, 0.4) is 0 Å². The fourth-order valence-electron chi connectivity index (χ4n) is 2.20. The monoisotopic (exact) mass is 289 g/mol. The summed E-state index contributed by atoms with van der Waals surface area (Å²) >= 11 is 6.03. The Morgan fingerprint density at radius 2 is 1.65 bits per heavy atom. The van der Waals surface area contributed by atoms with Gasteiger partial charge in [0, 0.05) is 11.1 Å². The van der Waals surface area contributed by atoms with Crippen molar-refractivity contribution in [1.29, 1.82) is 0 Å². The third-order valence-corrected chi connectivity index (χ3v) is 3.61. The molecule has 2 aromatic rings. The molecular weight excluding hydrogens is 270 g/mol. The normalized spacial score (nSPS) is 12.2. The van der Waals surface area contributed by atoms with E-state index in [1.165, 1.54) is 0 Å². The van der Waals surface area contributed by atoms with Gasteiger partial charge in [-0.3, -0.25) is 0 Å². The molecule has 0 saturated carbocycles. The van der Waals surface area contributed by atoms with Crippen LogP contribution in [0.5, 0.6) is 11.5 Å². The summed E-state index contributed by atoms with van der Waals surface area (Å²) in [5.74, 6) is 1.67. The molecule has 3 heteroatoms. The van der Waals surface area contributed by atoms with Gasteiger partial charge >= 0.3 is 0 Å². The summed E-state index contributed by atoms with van der Waals surface area (Å²) in [7, 11) is 0. The second-order valence-corrected chi connectivity index (χ2v) is 5.49. The number of halogens is 1. The van der Waals surface area contributed by atoms with Crippen molar-refractivity contribution in [1.82, 2.24) is 0 Å². The van der Waals surface area contributed by atoms with E-state index in [9.17, 15) is 0 Å². The molecule has 2 nitrogen and oxygen atoms in total. The Labute approximate surface area is 125 Å². The fraction of sp³-hybridized carbons (Fsp3) is 0.294. The van der Waals surface area contributed by atoms with Crippen molar-refractivity contribution in [2.24, 2.45) is 5.73 Å². The van der Waals surface area contributed by atoms with Crippen molar-refractivity contribution in [2.45, 2.75) is 33.2 Å². The lowest BCUT2D eigenvalue weighted by Crippen LogP contribution is -2.08. The Hall–Kier alpha value is -1.51. The topological polar surface area (TPSA) is 35.2 Å². The largest absolute Gasteiger partial charge is 0.457 e. The summed E-state index contributed by atoms with van der Waals surface area (Å²) in [5.41, 5.74) is 9.20. The Balaban J connectivity index is 2.23. The average molecular weight is 290 g/mol. The molecule has 2 rings (SSSR count). The number of ether oxygens (including phenoxy) is 1. The first kappa shape index (κ1) is 14.9. The van der Waals surface area contributed by atoms with Gasteiger partial charge in [0.1, 0.15) is 11.5 Å². The maximum Gasteiger partial charge on any atom is 0.133 e. The van der Waals surface area contributed by atoms with Crippen LogP contribution in [0, 0.1) is 13.8 Å². The first-order valence-corrected chi connectivity index (χ1v) is 7.19. The zero-order valence-electron chi connectivity index (χ0n) is 12.1. The Kier molecular flexibility index (Phi) is 4.69. The van der Waals surface area contributed by atoms with E-state index in [-0.39, 0.29) is 6.04 Å². The zero-order chi connectivity index (χ0) is 14.7. The summed E-state index contributed by atoms with van der Waals surface area (Å²) in [6.45, 7) is 6.07. The van der Waals surface area contributed by atoms with Crippen LogP contribution in [0.1, 0.15) is 36.1 Å². The van der Waals surface area contributed by atoms with Gasteiger partial charge in [0.15, 0.2) is 0 Å². The third-order valence-electron chi connectivity index (χ3n) is 3.39. The molecule has 2 aromatic carbocycles. The summed E-state index contributed by atoms with van der Waals surface area (Å²) < 4.78 is 5.96. The van der Waals surface area contributed by atoms with Crippen LogP contribution in [0.2, 0.25) is 5.02 Å². The average Bonchev–Trinajstić information content (AvgIpc) is 2.42. The quantitative estimate of drug-likeness (QED) is 0.844. The molecule has 0 heterocycles. The summed E-state index contributed by atoms with van der Waals surface area (Å²) in [6, 6.07) is 11.9. The van der Waals surface area contributed by atoms with Gasteiger partial charge < -0.3 is 10.5 Å². The molecule has 0 bridgehead atoms. The minimum absolute atomic E-state index is 0.0862. The molecule has 1 atom stereocenters. The maximum absolute atomic E-state index is 6.03. The standard InChI is InChI=1S/C17H20ClNO/c1-4-16(19)13-5-7-15(8-6-13)20-17-11(2)9-14(18)10-12(17)3/h5-10,16H,4,19H2,1-3H3/t16-/m0/s1. The van der Waals surface area contributed by atoms with Crippen LogP contribution in [-0.2, 0) is 0 Å². The van der Waals surface area contributed by atoms with Crippen LogP contribution in [-0.4, -0.2) is 0 Å². The third kappa shape index (κ3) is 3.33. The van der Waals surface area contributed by atoms with Crippen LogP contribution in [0.25, 0.3) is 0 Å². The van der Waals surface area contributed by atoms with Gasteiger partial charge in [-0.25, -0.2) is 0 Å². The van der Waals surface area contributed by atoms with Gasteiger partial charge in [0.05, 0.1) is 0 Å². The van der Waals surface area contributed by atoms with E-state index in [0.717, 1.165) is 39.6 Å². The van der Waals surface area contributed by atoms with Crippen molar-refractivity contribution >= 4 is 11.6 Å². The van der Waals surface area contributed by atoms with Crippen molar-refractivity contribution in [3.8, 4) is 11.5 Å². The molecule has 0 unspecified atom stereocenters. The lowest BCUT2D eigenvalue weighted by atomic mass is 10.1. The summed E-state index contributed by atoms with van der Waals surface area (Å²) in [6.07, 6.45) is 0.926. The molecule has 0 aliphatic carbocycles. The molecule has 0 fully saturated rings. The molecule has 0 aliphatic rings. The van der Waals surface area contributed by atoms with Crippen LogP contribution in [0.15, 0.2) is 36.4 Å². The fourth-order valence-corrected chi connectivity index (χ4v) is 2.52. The molecule has 0 spiro atoms. The van der Waals surface area contributed by atoms with Crippen LogP contribution < -0.4 is 10.5 Å². The van der Waals surface area contributed by atoms with Gasteiger partial charge in [0.2, 0.25) is 0 Å². The van der Waals surface area contributed by atoms with E-state index >= 15 is 0 Å². The van der Waals surface area contributed by atoms with E-state index in [2.05, 4.69) is 6.92 Å². The van der Waals surface area contributed by atoms with Gasteiger partial charge in [-0.2, -0.15) is 0 Å². The van der Waals surface area contributed by atoms with Gasteiger partial charge in [-0.1, -0.05) is 30.7 Å². The number of rotatable bonds is 4. The van der Waals surface area contributed by atoms with Crippen LogP contribution in [0.4, 0.5) is 0 Å². The second kappa shape index (κ2) is 6.29. The van der Waals surface area contributed by atoms with E-state index in [1.807, 2.05) is 50.2 Å². The Bertz CT molecular complexity index is 569. The highest BCUT2D eigenvalue weighted by Crippen LogP contribution is 2.31. The van der Waals surface area contributed by atoms with E-state index in [4.69, 9.17) is 22.1 Å². The number of nitrogens with two attached hydrogens (primary N) is 1. The van der Waals surface area contributed by atoms with Gasteiger partial charge in [-0.05, 0) is 61.2 Å². The SMILES string of the molecule is CC[C@H](N)c1ccc(Oc2c(C)cc(Cl)cc2C)cc1. The number of hydrogen-bond acceptors (Lipinski definition) is 2. The van der Waals surface area contributed by atoms with Gasteiger partial charge in [0.25, 0.3) is 0 Å². The highest BCUT2D eigenvalue weighted by atomic mass is 35.5. The molecule has 20 heavy (non-hydrogen) atoms. The van der Waals surface area contributed by atoms with Crippen molar-refractivity contribution in [3.05, 3.63) is 58.1 Å². The minimum atomic E-state index is 0.0862. The molecular formula is C17H20ClNO. The van der Waals surface area contributed by atoms with E-state index in [1.54, 1.807) is 0 Å². The predicted molar refractivity (Wildman–Crippen MR) is 84.7 cm³/mol. The lowest BCUT2D eigenvalue weighted by molar-refractivity contribution is 0.474. The van der Waals surface area contributed by atoms with E-state index < -0.39 is 0 Å². The Morgan fingerprint density at radius 3 is 2.15 bits per heavy atom. The van der Waals surface area contributed by atoms with Crippen molar-refractivity contribution in [2.75, 3.05) is 0 Å². The Morgan fingerprint density at radius 1 is 1.10 bits per heavy atom. The molecule has 0 amide bonds. The first-order valence-electron chi connectivity index (χ1n) is 6.81. The van der Waals surface area contributed by atoms with Crippen molar-refractivity contribution < 1.29 is 4.74 Å². The number of benzene rings is 2. The van der Waals surface area contributed by atoms with Gasteiger partial charge in [-0.15, -0.1) is 0 Å². The molecule has 0 radical (unpaired) electrons. The number of hydrogen-bond donors (Lipinski definition) is 1. The lowest BCUT2D eigenvalue weighted by Gasteiger charge is -2.14. The predicted octanol–water partition coefficient (Wildman–Crippen LogP) is 5.16. The summed E-state index contributed by atoms with van der Waals surface area (Å²) in [5, 5.41) is 0.733. The minimum Gasteiger partial charge on any atom is -0.457 e. The smallest absolute Gasteiger partial charge is 0.133 e. The second-order valence-electron chi connectivity index (χ2n) is 5.05. The highest BCUT2D eigenvalue weighted by Gasteiger charge is 2.08. The van der Waals surface area contributed by atoms with Crippen LogP contribution >= 0.6 is 11.6 Å². The molecule has 106 valence electrons. The zero-order valence-corrected chi connectivity index (χ0v) is 12.9. The molecule has 0 saturated heterocycles. The van der Waals surface area contributed by atoms with E-state index in [0.29, 0.717) is 0 Å². The first-order chi connectivity index (χ1) is 9.51. The molecule has 2 N–H and O–H groups in total. The maximum atomic E-state index is 6.03. The molecule has 0 aliphatic heterocycles. The molecule has 0 aromatic heterocycles. The summed E-state index contributed by atoms with van der Waals surface area (Å²) in [4.78, 5) is 0.